The first-order valence-electron chi connectivity index (χ1n) is 11.2. The van der Waals surface area contributed by atoms with Crippen LogP contribution in [0.5, 0.6) is 0 Å². The third kappa shape index (κ3) is 8.13. The number of hydrogen-bond acceptors (Lipinski definition) is 8. The quantitative estimate of drug-likeness (QED) is 0.357. The summed E-state index contributed by atoms with van der Waals surface area (Å²) in [5, 5.41) is 11.1. The van der Waals surface area contributed by atoms with Crippen molar-refractivity contribution in [3.63, 3.8) is 0 Å². The highest BCUT2D eigenvalue weighted by molar-refractivity contribution is 6.06. The van der Waals surface area contributed by atoms with Gasteiger partial charge >= 0.3 is 0 Å². The number of aromatic nitrogens is 2. The molecule has 182 valence electrons. The van der Waals surface area contributed by atoms with Crippen LogP contribution in [0.4, 0.5) is 0 Å². The summed E-state index contributed by atoms with van der Waals surface area (Å²) < 4.78 is 0. The normalized spacial score (nSPS) is 12.8. The van der Waals surface area contributed by atoms with E-state index < -0.39 is 35.7 Å². The number of imide groups is 2. The van der Waals surface area contributed by atoms with Crippen LogP contribution in [-0.2, 0) is 9.59 Å². The minimum absolute atomic E-state index is 0.0765. The zero-order valence-corrected chi connectivity index (χ0v) is 19.9. The first kappa shape index (κ1) is 26.7. The number of rotatable bonds is 11. The molecular weight excluding hydrogens is 436 g/mol. The predicted molar refractivity (Wildman–Crippen MR) is 127 cm³/mol. The zero-order valence-electron chi connectivity index (χ0n) is 19.9. The summed E-state index contributed by atoms with van der Waals surface area (Å²) in [6.45, 7) is 8.23. The molecule has 2 heterocycles. The average molecular weight is 469 g/mol. The van der Waals surface area contributed by atoms with E-state index in [1.807, 2.05) is 27.7 Å². The summed E-state index contributed by atoms with van der Waals surface area (Å²) in [5.41, 5.74) is 0.694. The predicted octanol–water partition coefficient (Wildman–Crippen LogP) is 0.918. The molecule has 2 aromatic rings. The maximum Gasteiger partial charge on any atom is 0.257 e. The van der Waals surface area contributed by atoms with Gasteiger partial charge in [-0.3, -0.25) is 39.8 Å². The fourth-order valence-electron chi connectivity index (χ4n) is 3.25. The molecule has 0 aliphatic heterocycles. The van der Waals surface area contributed by atoms with Crippen molar-refractivity contribution in [1.29, 1.82) is 0 Å². The third-order valence-corrected chi connectivity index (χ3v) is 5.11. The van der Waals surface area contributed by atoms with Crippen LogP contribution >= 0.6 is 0 Å². The van der Waals surface area contributed by atoms with Crippen LogP contribution < -0.4 is 21.3 Å². The number of carbonyl (C=O) groups excluding carboxylic acids is 4. The molecule has 0 radical (unpaired) electrons. The van der Waals surface area contributed by atoms with Crippen molar-refractivity contribution in [3.8, 4) is 0 Å². The van der Waals surface area contributed by atoms with Gasteiger partial charge in [0.05, 0.1) is 12.1 Å². The van der Waals surface area contributed by atoms with Crippen LogP contribution in [-0.4, -0.2) is 58.8 Å². The van der Waals surface area contributed by atoms with Crippen LogP contribution in [0.2, 0.25) is 0 Å². The topological polar surface area (TPSA) is 142 Å². The molecule has 0 spiro atoms. The molecule has 10 heteroatoms. The minimum Gasteiger partial charge on any atom is -0.304 e. The Kier molecular flexibility index (Phi) is 10.4. The number of carbonyl (C=O) groups is 4. The van der Waals surface area contributed by atoms with Crippen LogP contribution in [0, 0.1) is 11.8 Å². The fraction of sp³-hybridized carbons (Fsp3) is 0.417. The van der Waals surface area contributed by atoms with Crippen molar-refractivity contribution in [2.24, 2.45) is 11.8 Å². The molecule has 34 heavy (non-hydrogen) atoms. The van der Waals surface area contributed by atoms with Gasteiger partial charge < -0.3 is 10.6 Å². The van der Waals surface area contributed by atoms with E-state index in [4.69, 9.17) is 0 Å². The van der Waals surface area contributed by atoms with Gasteiger partial charge in [-0.25, -0.2) is 0 Å². The molecule has 0 fully saturated rings. The average Bonchev–Trinajstić information content (AvgIpc) is 2.81. The van der Waals surface area contributed by atoms with Gasteiger partial charge in [-0.2, -0.15) is 0 Å². The fourth-order valence-corrected chi connectivity index (χ4v) is 3.25. The molecule has 10 nitrogen and oxygen atoms in total. The van der Waals surface area contributed by atoms with Gasteiger partial charge in [-0.15, -0.1) is 0 Å². The Balaban J connectivity index is 1.86. The lowest BCUT2D eigenvalue weighted by Gasteiger charge is -2.24. The van der Waals surface area contributed by atoms with Crippen LogP contribution in [0.25, 0.3) is 0 Å². The van der Waals surface area contributed by atoms with Gasteiger partial charge in [0.1, 0.15) is 0 Å². The van der Waals surface area contributed by atoms with E-state index in [2.05, 4.69) is 31.2 Å². The molecule has 0 aliphatic rings. The van der Waals surface area contributed by atoms with Crippen molar-refractivity contribution in [1.82, 2.24) is 31.2 Å². The molecular formula is C24H32N6O4. The zero-order chi connectivity index (χ0) is 25.1. The lowest BCUT2D eigenvalue weighted by Crippen LogP contribution is -2.53. The molecule has 0 aromatic carbocycles. The second-order valence-electron chi connectivity index (χ2n) is 8.46. The van der Waals surface area contributed by atoms with E-state index in [1.54, 1.807) is 0 Å². The Labute approximate surface area is 199 Å². The van der Waals surface area contributed by atoms with Gasteiger partial charge in [0, 0.05) is 49.0 Å². The Bertz CT molecular complexity index is 886. The van der Waals surface area contributed by atoms with E-state index in [0.29, 0.717) is 24.2 Å². The van der Waals surface area contributed by atoms with Crippen molar-refractivity contribution in [3.05, 3.63) is 60.2 Å². The summed E-state index contributed by atoms with van der Waals surface area (Å²) in [4.78, 5) is 57.5. The summed E-state index contributed by atoms with van der Waals surface area (Å²) in [6, 6.07) is 4.91. The number of pyridine rings is 2. The lowest BCUT2D eigenvalue weighted by molar-refractivity contribution is -0.124. The van der Waals surface area contributed by atoms with Crippen molar-refractivity contribution in [2.45, 2.75) is 39.8 Å². The summed E-state index contributed by atoms with van der Waals surface area (Å²) >= 11 is 0. The van der Waals surface area contributed by atoms with Gasteiger partial charge in [-0.05, 0) is 36.1 Å². The molecule has 0 saturated heterocycles. The van der Waals surface area contributed by atoms with Crippen LogP contribution in [0.15, 0.2) is 49.1 Å². The summed E-state index contributed by atoms with van der Waals surface area (Å²) in [6.07, 6.45) is 5.93. The third-order valence-electron chi connectivity index (χ3n) is 5.11. The van der Waals surface area contributed by atoms with E-state index in [1.165, 1.54) is 49.1 Å². The van der Waals surface area contributed by atoms with Gasteiger partial charge in [0.2, 0.25) is 11.8 Å². The first-order valence-corrected chi connectivity index (χ1v) is 11.2. The second-order valence-corrected chi connectivity index (χ2v) is 8.46. The van der Waals surface area contributed by atoms with Crippen LogP contribution in [0.3, 0.4) is 0 Å². The Morgan fingerprint density at radius 2 is 0.971 bits per heavy atom. The van der Waals surface area contributed by atoms with Crippen molar-refractivity contribution in [2.75, 3.05) is 13.1 Å². The summed E-state index contributed by atoms with van der Waals surface area (Å²) in [7, 11) is 0. The Hall–Kier alpha value is -3.50. The number of hydrogen-bond donors (Lipinski definition) is 4. The monoisotopic (exact) mass is 468 g/mol. The highest BCUT2D eigenvalue weighted by Gasteiger charge is 2.26. The van der Waals surface area contributed by atoms with E-state index in [-0.39, 0.29) is 11.8 Å². The molecule has 2 unspecified atom stereocenters. The molecule has 2 aromatic heterocycles. The Morgan fingerprint density at radius 3 is 1.26 bits per heavy atom. The highest BCUT2D eigenvalue weighted by atomic mass is 16.2. The molecule has 0 saturated carbocycles. The van der Waals surface area contributed by atoms with Gasteiger partial charge in [0.25, 0.3) is 11.8 Å². The highest BCUT2D eigenvalue weighted by Crippen LogP contribution is 2.05. The van der Waals surface area contributed by atoms with Crippen LogP contribution in [0.1, 0.15) is 48.4 Å². The van der Waals surface area contributed by atoms with E-state index in [9.17, 15) is 19.2 Å². The number of amides is 4. The first-order chi connectivity index (χ1) is 16.2. The number of nitrogens with one attached hydrogen (secondary N) is 4. The second kappa shape index (κ2) is 13.3. The molecule has 0 aliphatic carbocycles. The van der Waals surface area contributed by atoms with E-state index >= 15 is 0 Å². The van der Waals surface area contributed by atoms with E-state index in [0.717, 1.165) is 0 Å². The lowest BCUT2D eigenvalue weighted by atomic mass is 10.0. The Morgan fingerprint density at radius 1 is 0.647 bits per heavy atom. The minimum atomic E-state index is -0.604. The van der Waals surface area contributed by atoms with Crippen molar-refractivity contribution < 1.29 is 19.2 Å². The maximum absolute atomic E-state index is 12.6. The molecule has 2 atom stereocenters. The maximum atomic E-state index is 12.6. The molecule has 4 N–H and O–H groups in total. The molecule has 4 amide bonds. The SMILES string of the molecule is CC(C)C(NCCNC(C(=O)NC(=O)c1ccncc1)C(C)C)C(=O)NC(=O)c1ccncc1. The molecule has 0 bridgehead atoms. The standard InChI is InChI=1S/C24H32N6O4/c1-15(2)19(23(33)29-21(31)17-5-9-25-10-6-17)27-13-14-28-20(16(3)4)24(34)30-22(32)18-7-11-26-12-8-18/h5-12,15-16,19-20,27-28H,13-14H2,1-4H3,(H,29,31,33)(H,30,32,34). The largest absolute Gasteiger partial charge is 0.304 e. The smallest absolute Gasteiger partial charge is 0.257 e. The number of nitrogens with zero attached hydrogens (tertiary/aromatic N) is 2. The summed E-state index contributed by atoms with van der Waals surface area (Å²) in [5.74, 6) is -2.00. The molecule has 2 rings (SSSR count). The van der Waals surface area contributed by atoms with Gasteiger partial charge in [-0.1, -0.05) is 27.7 Å². The van der Waals surface area contributed by atoms with Crippen molar-refractivity contribution >= 4 is 23.6 Å². The van der Waals surface area contributed by atoms with Gasteiger partial charge in [0.15, 0.2) is 0 Å².